The first-order valence-electron chi connectivity index (χ1n) is 13.8. The highest BCUT2D eigenvalue weighted by Crippen LogP contribution is 2.44. The molecule has 8 heteroatoms. The van der Waals surface area contributed by atoms with Crippen molar-refractivity contribution in [2.45, 2.75) is 109 Å². The van der Waals surface area contributed by atoms with Crippen molar-refractivity contribution in [3.8, 4) is 0 Å². The maximum Gasteiger partial charge on any atom is 0.308 e. The fourth-order valence-electron chi connectivity index (χ4n) is 4.46. The summed E-state index contributed by atoms with van der Waals surface area (Å²) >= 11 is 0. The molecule has 0 unspecified atom stereocenters. The van der Waals surface area contributed by atoms with Crippen LogP contribution in [0.1, 0.15) is 65.2 Å². The van der Waals surface area contributed by atoms with Gasteiger partial charge in [0.2, 0.25) is 0 Å². The number of hydrogen-bond donors (Lipinski definition) is 1. The molecule has 0 radical (unpaired) electrons. The van der Waals surface area contributed by atoms with Crippen LogP contribution in [0.3, 0.4) is 0 Å². The van der Waals surface area contributed by atoms with Crippen molar-refractivity contribution in [2.75, 3.05) is 6.61 Å². The Morgan fingerprint density at radius 3 is 2.13 bits per heavy atom. The summed E-state index contributed by atoms with van der Waals surface area (Å²) < 4.78 is 31.6. The van der Waals surface area contributed by atoms with Crippen LogP contribution in [0.2, 0.25) is 18.1 Å². The van der Waals surface area contributed by atoms with Crippen LogP contribution in [0.25, 0.3) is 0 Å². The number of aliphatic hydroxyl groups excluding tert-OH is 1. The fourth-order valence-corrected chi connectivity index (χ4v) is 5.72. The Balaban J connectivity index is 2.06. The van der Waals surface area contributed by atoms with E-state index in [2.05, 4.69) is 33.9 Å². The molecule has 0 amide bonds. The van der Waals surface area contributed by atoms with Gasteiger partial charge in [0.05, 0.1) is 31.8 Å². The van der Waals surface area contributed by atoms with Gasteiger partial charge in [0.1, 0.15) is 18.3 Å². The molecule has 1 N–H and O–H groups in total. The van der Waals surface area contributed by atoms with Gasteiger partial charge in [0.25, 0.3) is 0 Å². The average molecular weight is 559 g/mol. The second-order valence-electron chi connectivity index (χ2n) is 12.1. The van der Waals surface area contributed by atoms with E-state index in [4.69, 9.17) is 23.4 Å². The van der Waals surface area contributed by atoms with Crippen molar-refractivity contribution in [3.05, 3.63) is 71.8 Å². The Bertz CT molecular complexity index is 1040. The quantitative estimate of drug-likeness (QED) is 0.261. The van der Waals surface area contributed by atoms with Crippen molar-refractivity contribution in [1.29, 1.82) is 0 Å². The number of esters is 1. The van der Waals surface area contributed by atoms with Gasteiger partial charge in [0.15, 0.2) is 14.1 Å². The largest absolute Gasteiger partial charge is 0.466 e. The highest BCUT2D eigenvalue weighted by atomic mass is 28.4. The van der Waals surface area contributed by atoms with Crippen LogP contribution in [0.15, 0.2) is 60.7 Å². The molecule has 5 atom stereocenters. The zero-order valence-corrected chi connectivity index (χ0v) is 25.7. The van der Waals surface area contributed by atoms with Gasteiger partial charge >= 0.3 is 5.97 Å². The summed E-state index contributed by atoms with van der Waals surface area (Å²) in [6.07, 6.45) is -4.10. The van der Waals surface area contributed by atoms with Crippen LogP contribution >= 0.6 is 0 Å². The molecule has 0 aromatic heterocycles. The molecule has 1 heterocycles. The minimum absolute atomic E-state index is 0.0517. The minimum atomic E-state index is -2.30. The lowest BCUT2D eigenvalue weighted by Crippen LogP contribution is -2.61. The third-order valence-electron chi connectivity index (χ3n) is 7.49. The monoisotopic (exact) mass is 558 g/mol. The Morgan fingerprint density at radius 1 is 1.00 bits per heavy atom. The lowest BCUT2D eigenvalue weighted by molar-refractivity contribution is -0.363. The fraction of sp³-hybridized carbons (Fsp3) is 0.581. The standard InChI is InChI=1S/C31H46O7Si/c1-9-34-25(33)20-24(32)27-28(35-21-22-16-12-10-13-17-22)29(37-31(5,6)36-27)26(23-18-14-11-15-19-23)38-39(7,8)30(2,3)4/h10-19,24,26-29,32H,9,20-21H2,1-8H3/t24-,26+,27+,28-,29-/m1/s1. The van der Waals surface area contributed by atoms with E-state index in [0.29, 0.717) is 0 Å². The van der Waals surface area contributed by atoms with Crippen molar-refractivity contribution in [1.82, 2.24) is 0 Å². The molecular formula is C31H46O7Si. The van der Waals surface area contributed by atoms with Crippen LogP contribution in [-0.4, -0.2) is 56.2 Å². The molecule has 1 saturated heterocycles. The summed E-state index contributed by atoms with van der Waals surface area (Å²) in [5.41, 5.74) is 1.93. The number of rotatable bonds is 11. The summed E-state index contributed by atoms with van der Waals surface area (Å²) in [6, 6.07) is 19.8. The molecule has 0 spiro atoms. The molecule has 0 aliphatic carbocycles. The molecule has 1 fully saturated rings. The van der Waals surface area contributed by atoms with Crippen molar-refractivity contribution < 1.29 is 33.3 Å². The predicted octanol–water partition coefficient (Wildman–Crippen LogP) is 6.17. The first-order chi connectivity index (χ1) is 18.2. The Kier molecular flexibility index (Phi) is 10.5. The Labute approximate surface area is 234 Å². The Morgan fingerprint density at radius 2 is 1.56 bits per heavy atom. The molecule has 2 aromatic rings. The van der Waals surface area contributed by atoms with Crippen LogP contribution in [-0.2, 0) is 34.8 Å². The smallest absolute Gasteiger partial charge is 0.308 e. The third kappa shape index (κ3) is 8.46. The van der Waals surface area contributed by atoms with Crippen LogP contribution in [0, 0.1) is 0 Å². The molecular weight excluding hydrogens is 512 g/mol. The van der Waals surface area contributed by atoms with Crippen molar-refractivity contribution >= 4 is 14.3 Å². The maximum atomic E-state index is 12.3. The molecule has 216 valence electrons. The molecule has 7 nitrogen and oxygen atoms in total. The zero-order valence-electron chi connectivity index (χ0n) is 24.7. The van der Waals surface area contributed by atoms with Gasteiger partial charge in [-0.05, 0) is 50.0 Å². The first kappa shape index (κ1) is 31.5. The van der Waals surface area contributed by atoms with E-state index in [1.165, 1.54) is 0 Å². The second kappa shape index (κ2) is 13.1. The number of carbonyl (C=O) groups is 1. The zero-order chi connectivity index (χ0) is 28.8. The summed E-state index contributed by atoms with van der Waals surface area (Å²) in [5, 5.41) is 11.3. The minimum Gasteiger partial charge on any atom is -0.466 e. The van der Waals surface area contributed by atoms with Crippen LogP contribution < -0.4 is 0 Å². The van der Waals surface area contributed by atoms with Crippen molar-refractivity contribution in [3.63, 3.8) is 0 Å². The second-order valence-corrected chi connectivity index (χ2v) is 16.9. The number of benzene rings is 2. The molecule has 1 aliphatic heterocycles. The molecule has 1 aliphatic rings. The van der Waals surface area contributed by atoms with E-state index >= 15 is 0 Å². The highest BCUT2D eigenvalue weighted by molar-refractivity contribution is 6.74. The van der Waals surface area contributed by atoms with E-state index in [-0.39, 0.29) is 24.7 Å². The van der Waals surface area contributed by atoms with E-state index in [1.54, 1.807) is 6.92 Å². The first-order valence-corrected chi connectivity index (χ1v) is 16.7. The van der Waals surface area contributed by atoms with Gasteiger partial charge in [-0.25, -0.2) is 0 Å². The molecule has 2 aromatic carbocycles. The summed E-state index contributed by atoms with van der Waals surface area (Å²) in [4.78, 5) is 12.3. The molecule has 39 heavy (non-hydrogen) atoms. The van der Waals surface area contributed by atoms with Gasteiger partial charge in [-0.3, -0.25) is 4.79 Å². The maximum absolute atomic E-state index is 12.3. The summed E-state index contributed by atoms with van der Waals surface area (Å²) in [5.74, 6) is -1.56. The third-order valence-corrected chi connectivity index (χ3v) is 11.9. The molecule has 0 saturated carbocycles. The average Bonchev–Trinajstić information content (AvgIpc) is 2.86. The van der Waals surface area contributed by atoms with Gasteiger partial charge in [0, 0.05) is 0 Å². The van der Waals surface area contributed by atoms with Gasteiger partial charge in [-0.1, -0.05) is 81.4 Å². The van der Waals surface area contributed by atoms with Crippen molar-refractivity contribution in [2.24, 2.45) is 0 Å². The highest BCUT2D eigenvalue weighted by Gasteiger charge is 2.52. The normalized spacial score (nSPS) is 23.2. The number of aliphatic hydroxyl groups is 1. The van der Waals surface area contributed by atoms with Gasteiger partial charge in [-0.2, -0.15) is 0 Å². The van der Waals surface area contributed by atoms with Gasteiger partial charge < -0.3 is 28.5 Å². The van der Waals surface area contributed by atoms with Crippen LogP contribution in [0.4, 0.5) is 0 Å². The van der Waals surface area contributed by atoms with Gasteiger partial charge in [-0.15, -0.1) is 0 Å². The number of hydrogen-bond acceptors (Lipinski definition) is 7. The molecule has 0 bridgehead atoms. The van der Waals surface area contributed by atoms with Crippen LogP contribution in [0.5, 0.6) is 0 Å². The van der Waals surface area contributed by atoms with E-state index in [9.17, 15) is 9.90 Å². The number of carbonyl (C=O) groups excluding carboxylic acids is 1. The van der Waals surface area contributed by atoms with E-state index in [1.807, 2.05) is 74.5 Å². The van der Waals surface area contributed by atoms with E-state index in [0.717, 1.165) is 11.1 Å². The molecule has 3 rings (SSSR count). The van der Waals surface area contributed by atoms with E-state index < -0.39 is 50.6 Å². The lowest BCUT2D eigenvalue weighted by atomic mass is 9.91. The Hall–Kier alpha value is -2.07. The predicted molar refractivity (Wildman–Crippen MR) is 154 cm³/mol. The summed E-state index contributed by atoms with van der Waals surface area (Å²) in [7, 11) is -2.30. The summed E-state index contributed by atoms with van der Waals surface area (Å²) in [6.45, 7) is 16.9. The SMILES string of the molecule is CCOC(=O)C[C@@H](O)[C@@H]1OC(C)(C)O[C@H]([C@@H](O[Si](C)(C)C(C)(C)C)c2ccccc2)[C@@H]1OCc1ccccc1. The topological polar surface area (TPSA) is 83.5 Å². The number of ether oxygens (including phenoxy) is 4. The lowest BCUT2D eigenvalue weighted by Gasteiger charge is -2.51.